The molecule has 0 radical (unpaired) electrons. The molecule has 0 aromatic carbocycles. The molecule has 1 fully saturated rings. The number of nitrogens with zero attached hydrogens (tertiary/aromatic N) is 2. The predicted octanol–water partition coefficient (Wildman–Crippen LogP) is 1.52. The molecule has 0 unspecified atom stereocenters. The van der Waals surface area contributed by atoms with E-state index >= 15 is 0 Å². The largest absolute Gasteiger partial charge is 0.301 e. The van der Waals surface area contributed by atoms with Crippen LogP contribution in [-0.4, -0.2) is 36.1 Å². The minimum Gasteiger partial charge on any atom is -0.301 e. The van der Waals surface area contributed by atoms with Gasteiger partial charge in [-0.15, -0.1) is 0 Å². The Morgan fingerprint density at radius 3 is 3.27 bits per heavy atom. The van der Waals surface area contributed by atoms with Crippen molar-refractivity contribution in [3.63, 3.8) is 0 Å². The van der Waals surface area contributed by atoms with E-state index in [2.05, 4.69) is 22.4 Å². The van der Waals surface area contributed by atoms with Crippen molar-refractivity contribution < 1.29 is 4.84 Å². The summed E-state index contributed by atoms with van der Waals surface area (Å²) in [5.41, 5.74) is 3.80. The summed E-state index contributed by atoms with van der Waals surface area (Å²) < 4.78 is 0. The molecule has 1 N–H and O–H groups in total. The lowest BCUT2D eigenvalue weighted by Gasteiger charge is -2.19. The number of likely N-dealkylation sites (N-methyl/N-ethyl adjacent to an activating group) is 1. The van der Waals surface area contributed by atoms with E-state index in [1.165, 1.54) is 19.4 Å². The molecule has 1 atom stereocenters. The Hall–Kier alpha value is -1.13. The molecule has 1 aliphatic heterocycles. The summed E-state index contributed by atoms with van der Waals surface area (Å²) in [6, 6.07) is 4.37. The molecule has 15 heavy (non-hydrogen) atoms. The molecule has 2 heterocycles. The number of hydrogen-bond donors (Lipinski definition) is 1. The standard InChI is InChI=1S/C11H17N3O/c1-14-7-3-5-11(14)9-15-13-10-4-2-6-12-8-10/h2,4,6,8,11,13H,3,5,7,9H2,1H3/t11-/m0/s1. The quantitative estimate of drug-likeness (QED) is 0.760. The Bertz CT molecular complexity index is 291. The van der Waals surface area contributed by atoms with E-state index in [0.717, 1.165) is 12.3 Å². The van der Waals surface area contributed by atoms with Crippen molar-refractivity contribution in [2.24, 2.45) is 0 Å². The van der Waals surface area contributed by atoms with Crippen LogP contribution in [0.4, 0.5) is 5.69 Å². The first-order valence-corrected chi connectivity index (χ1v) is 5.34. The summed E-state index contributed by atoms with van der Waals surface area (Å²) in [4.78, 5) is 11.8. The van der Waals surface area contributed by atoms with Gasteiger partial charge < -0.3 is 4.90 Å². The van der Waals surface area contributed by atoms with E-state index in [1.54, 1.807) is 12.4 Å². The summed E-state index contributed by atoms with van der Waals surface area (Å²) >= 11 is 0. The second-order valence-electron chi connectivity index (χ2n) is 3.93. The first kappa shape index (κ1) is 10.4. The summed E-state index contributed by atoms with van der Waals surface area (Å²) in [5, 5.41) is 0. The van der Waals surface area contributed by atoms with Gasteiger partial charge in [0.1, 0.15) is 0 Å². The first-order chi connectivity index (χ1) is 7.36. The normalized spacial score (nSPS) is 21.8. The van der Waals surface area contributed by atoms with Gasteiger partial charge in [0, 0.05) is 12.2 Å². The van der Waals surface area contributed by atoms with Crippen LogP contribution in [0.25, 0.3) is 0 Å². The van der Waals surface area contributed by atoms with E-state index in [-0.39, 0.29) is 0 Å². The predicted molar refractivity (Wildman–Crippen MR) is 59.5 cm³/mol. The highest BCUT2D eigenvalue weighted by Crippen LogP contribution is 2.15. The van der Waals surface area contributed by atoms with Gasteiger partial charge in [0.15, 0.2) is 0 Å². The first-order valence-electron chi connectivity index (χ1n) is 5.34. The van der Waals surface area contributed by atoms with Crippen LogP contribution in [0.15, 0.2) is 24.5 Å². The fourth-order valence-electron chi connectivity index (χ4n) is 1.83. The third-order valence-corrected chi connectivity index (χ3v) is 2.80. The van der Waals surface area contributed by atoms with Gasteiger partial charge in [-0.25, -0.2) is 0 Å². The molecule has 82 valence electrons. The van der Waals surface area contributed by atoms with Crippen molar-refractivity contribution in [3.05, 3.63) is 24.5 Å². The molecule has 1 aliphatic rings. The molecule has 2 rings (SSSR count). The Morgan fingerprint density at radius 2 is 2.60 bits per heavy atom. The maximum Gasteiger partial charge on any atom is 0.0901 e. The van der Waals surface area contributed by atoms with Crippen LogP contribution in [-0.2, 0) is 4.84 Å². The third-order valence-electron chi connectivity index (χ3n) is 2.80. The monoisotopic (exact) mass is 207 g/mol. The van der Waals surface area contributed by atoms with E-state index in [9.17, 15) is 0 Å². The third kappa shape index (κ3) is 2.91. The topological polar surface area (TPSA) is 37.4 Å². The fraction of sp³-hybridized carbons (Fsp3) is 0.545. The summed E-state index contributed by atoms with van der Waals surface area (Å²) in [6.07, 6.45) is 6.00. The number of pyridine rings is 1. The van der Waals surface area contributed by atoms with E-state index in [1.807, 2.05) is 12.1 Å². The Labute approximate surface area is 90.2 Å². The number of rotatable bonds is 4. The van der Waals surface area contributed by atoms with Crippen LogP contribution in [0, 0.1) is 0 Å². The van der Waals surface area contributed by atoms with E-state index in [4.69, 9.17) is 4.84 Å². The second kappa shape index (κ2) is 5.09. The number of aromatic nitrogens is 1. The molecule has 0 saturated carbocycles. The van der Waals surface area contributed by atoms with Gasteiger partial charge in [0.05, 0.1) is 18.5 Å². The van der Waals surface area contributed by atoms with Gasteiger partial charge in [-0.05, 0) is 38.6 Å². The highest BCUT2D eigenvalue weighted by Gasteiger charge is 2.20. The van der Waals surface area contributed by atoms with Gasteiger partial charge in [-0.1, -0.05) is 0 Å². The number of anilines is 1. The zero-order valence-electron chi connectivity index (χ0n) is 9.02. The van der Waals surface area contributed by atoms with Crippen LogP contribution in [0.1, 0.15) is 12.8 Å². The van der Waals surface area contributed by atoms with Gasteiger partial charge in [-0.2, -0.15) is 0 Å². The van der Waals surface area contributed by atoms with Crippen LogP contribution in [0.3, 0.4) is 0 Å². The minimum absolute atomic E-state index is 0.550. The smallest absolute Gasteiger partial charge is 0.0901 e. The van der Waals surface area contributed by atoms with Crippen molar-refractivity contribution in [1.82, 2.24) is 9.88 Å². The van der Waals surface area contributed by atoms with Gasteiger partial charge in [0.25, 0.3) is 0 Å². The molecule has 4 heteroatoms. The van der Waals surface area contributed by atoms with Gasteiger partial charge >= 0.3 is 0 Å². The Balaban J connectivity index is 1.71. The number of hydrogen-bond acceptors (Lipinski definition) is 4. The second-order valence-corrected chi connectivity index (χ2v) is 3.93. The molecule has 1 aromatic heterocycles. The molecule has 4 nitrogen and oxygen atoms in total. The summed E-state index contributed by atoms with van der Waals surface area (Å²) in [6.45, 7) is 1.91. The molecule has 0 aliphatic carbocycles. The molecule has 1 aromatic rings. The average Bonchev–Trinajstić information content (AvgIpc) is 2.66. The molecule has 1 saturated heterocycles. The maximum absolute atomic E-state index is 5.44. The van der Waals surface area contributed by atoms with E-state index in [0.29, 0.717) is 6.04 Å². The zero-order valence-corrected chi connectivity index (χ0v) is 9.02. The lowest BCUT2D eigenvalue weighted by Crippen LogP contribution is -2.30. The average molecular weight is 207 g/mol. The lowest BCUT2D eigenvalue weighted by atomic mass is 10.2. The Morgan fingerprint density at radius 1 is 1.67 bits per heavy atom. The van der Waals surface area contributed by atoms with Gasteiger partial charge in [0.2, 0.25) is 0 Å². The van der Waals surface area contributed by atoms with Crippen LogP contribution < -0.4 is 5.48 Å². The van der Waals surface area contributed by atoms with Crippen molar-refractivity contribution in [2.45, 2.75) is 18.9 Å². The van der Waals surface area contributed by atoms with Gasteiger partial charge in [-0.3, -0.25) is 15.3 Å². The van der Waals surface area contributed by atoms with Crippen LogP contribution in [0.5, 0.6) is 0 Å². The highest BCUT2D eigenvalue weighted by molar-refractivity contribution is 5.36. The summed E-state index contributed by atoms with van der Waals surface area (Å²) in [7, 11) is 2.14. The molecule has 0 spiro atoms. The van der Waals surface area contributed by atoms with Crippen molar-refractivity contribution in [3.8, 4) is 0 Å². The Kier molecular flexibility index (Phi) is 3.53. The van der Waals surface area contributed by atoms with Crippen molar-refractivity contribution in [2.75, 3.05) is 25.7 Å². The van der Waals surface area contributed by atoms with E-state index < -0.39 is 0 Å². The zero-order chi connectivity index (χ0) is 10.5. The van der Waals surface area contributed by atoms with Crippen LogP contribution >= 0.6 is 0 Å². The lowest BCUT2D eigenvalue weighted by molar-refractivity contribution is 0.126. The molecular formula is C11H17N3O. The van der Waals surface area contributed by atoms with Crippen molar-refractivity contribution >= 4 is 5.69 Å². The molecular weight excluding hydrogens is 190 g/mol. The summed E-state index contributed by atoms with van der Waals surface area (Å²) in [5.74, 6) is 0. The highest BCUT2D eigenvalue weighted by atomic mass is 16.6. The maximum atomic E-state index is 5.44. The number of likely N-dealkylation sites (tertiary alicyclic amines) is 1. The van der Waals surface area contributed by atoms with Crippen molar-refractivity contribution in [1.29, 1.82) is 0 Å². The minimum atomic E-state index is 0.550. The number of nitrogens with one attached hydrogen (secondary N) is 1. The molecule has 0 amide bonds. The molecule has 0 bridgehead atoms. The van der Waals surface area contributed by atoms with Crippen LogP contribution in [0.2, 0.25) is 0 Å². The SMILES string of the molecule is CN1CCC[C@H]1CONc1cccnc1. The fourth-order valence-corrected chi connectivity index (χ4v) is 1.83.